The third-order valence-electron chi connectivity index (χ3n) is 0. The summed E-state index contributed by atoms with van der Waals surface area (Å²) in [6.45, 7) is 0. The smallest absolute Gasteiger partial charge is 0 e. The largest absolute Gasteiger partial charge is 0 e. The normalized spacial score (nSPS) is 8.40. The molecule has 0 spiro atoms. The number of rotatable bonds is 0. The van der Waals surface area contributed by atoms with Crippen LogP contribution < -0.4 is 0 Å². The minimum atomic E-state index is -3.89. The van der Waals surface area contributed by atoms with Crippen molar-refractivity contribution in [1.29, 1.82) is 0 Å². The van der Waals surface area contributed by atoms with Crippen LogP contribution in [0.5, 0.6) is 0 Å². The van der Waals surface area contributed by atoms with Crippen molar-refractivity contribution in [1.82, 2.24) is 0 Å². The summed E-state index contributed by atoms with van der Waals surface area (Å²) in [6, 6.07) is 0. The van der Waals surface area contributed by atoms with Gasteiger partial charge in [-0.25, -0.2) is 0 Å². The Balaban J connectivity index is 0. The Hall–Kier alpha value is 1.75. The van der Waals surface area contributed by atoms with Crippen LogP contribution in [0.3, 0.4) is 0 Å². The van der Waals surface area contributed by atoms with E-state index in [9.17, 15) is 0 Å². The van der Waals surface area contributed by atoms with Gasteiger partial charge in [-0.3, -0.25) is 0 Å². The van der Waals surface area contributed by atoms with Crippen molar-refractivity contribution in [2.75, 3.05) is 0 Å². The third kappa shape index (κ3) is 26.4. The molecule has 5 heavy (non-hydrogen) atoms. The van der Waals surface area contributed by atoms with Crippen molar-refractivity contribution in [2.45, 2.75) is 0 Å². The molecule has 0 aromatic rings. The molecule has 0 rings (SSSR count). The van der Waals surface area contributed by atoms with E-state index in [-0.39, 0.29) is 32.7 Å². The first-order valence-electron chi connectivity index (χ1n) is 0.354. The molecule has 0 aliphatic rings. The molecule has 0 N–H and O–H groups in total. The van der Waals surface area contributed by atoms with Crippen molar-refractivity contribution in [3.05, 3.63) is 0 Å². The summed E-state index contributed by atoms with van der Waals surface area (Å²) in [7, 11) is 0. The fourth-order valence-electron chi connectivity index (χ4n) is 0. The van der Waals surface area contributed by atoms with Gasteiger partial charge in [-0.15, -0.1) is 0 Å². The molecule has 0 heterocycles. The first-order valence-corrected chi connectivity index (χ1v) is 2.62. The Kier molecular flexibility index (Phi) is 11.4. The van der Waals surface area contributed by atoms with Crippen molar-refractivity contribution >= 4 is 0 Å². The minimum Gasteiger partial charge on any atom is 0 e. The van der Waals surface area contributed by atoms with E-state index in [1.807, 2.05) is 0 Å². The molecule has 0 atom stereocenters. The maximum absolute atomic E-state index is 8.56. The molecule has 0 aromatic carbocycles. The van der Waals surface area contributed by atoms with Gasteiger partial charge in [0, 0.05) is 32.7 Å². The van der Waals surface area contributed by atoms with Crippen molar-refractivity contribution in [3.8, 4) is 0 Å². The van der Waals surface area contributed by atoms with Crippen LogP contribution in [0.4, 0.5) is 0 Å². The van der Waals surface area contributed by atoms with E-state index < -0.39 is 31.8 Å². The van der Waals surface area contributed by atoms with Crippen LogP contribution >= 0.6 is 0 Å². The van der Waals surface area contributed by atoms with E-state index in [1.54, 1.807) is 0 Å². The van der Waals surface area contributed by atoms with Crippen LogP contribution in [-0.2, 0) is 37.2 Å². The fraction of sp³-hybridized carbons (Fsp3) is 0. The molecule has 0 saturated heterocycles. The third-order valence-corrected chi connectivity index (χ3v) is 0. The Morgan fingerprint density at radius 2 is 1.00 bits per heavy atom. The molecule has 0 fully saturated rings. The molecular formula is ErO3Y. The average Bonchev–Trinajstić information content (AvgIpc) is 0.811. The average molecular weight is 304 g/mol. The summed E-state index contributed by atoms with van der Waals surface area (Å²) in [6.07, 6.45) is 0. The Labute approximate surface area is 67.4 Å². The summed E-state index contributed by atoms with van der Waals surface area (Å²) >= 11 is -3.89. The summed E-state index contributed by atoms with van der Waals surface area (Å²) in [4.78, 5) is 0. The monoisotopic (exact) mass is 303 g/mol. The van der Waals surface area contributed by atoms with Crippen LogP contribution in [0.1, 0.15) is 0 Å². The maximum Gasteiger partial charge on any atom is 0 e. The van der Waals surface area contributed by atoms with Crippen LogP contribution in [0, 0.1) is 31.8 Å². The van der Waals surface area contributed by atoms with E-state index >= 15 is 0 Å². The van der Waals surface area contributed by atoms with E-state index in [2.05, 4.69) is 0 Å². The van der Waals surface area contributed by atoms with Crippen molar-refractivity contribution in [2.24, 2.45) is 0 Å². The summed E-state index contributed by atoms with van der Waals surface area (Å²) < 4.78 is 25.7. The van der Waals surface area contributed by atoms with Gasteiger partial charge in [-0.2, -0.15) is 0 Å². The molecule has 0 aliphatic carbocycles. The van der Waals surface area contributed by atoms with Crippen LogP contribution in [0.2, 0.25) is 0 Å². The molecule has 5 heteroatoms. The molecule has 0 aromatic heterocycles. The predicted octanol–water partition coefficient (Wildman–Crippen LogP) is -0.359. The zero-order valence-corrected chi connectivity index (χ0v) is 6.78. The van der Waals surface area contributed by atoms with Gasteiger partial charge in [0.05, 0.1) is 0 Å². The zero-order valence-electron chi connectivity index (χ0n) is 2.09. The molecule has 3 nitrogen and oxygen atoms in total. The SMILES string of the molecule is [O]=[Er](=[O])=[O].[Y]. The number of hydrogen-bond donors (Lipinski definition) is 0. The molecule has 1 radical (unpaired) electrons. The second-order valence-corrected chi connectivity index (χ2v) is 1.07. The Bertz CT molecular complexity index is 76.3. The Morgan fingerprint density at radius 3 is 1.00 bits per heavy atom. The van der Waals surface area contributed by atoms with Crippen LogP contribution in [0.25, 0.3) is 0 Å². The van der Waals surface area contributed by atoms with Gasteiger partial charge in [0.15, 0.2) is 0 Å². The van der Waals surface area contributed by atoms with E-state index in [0.717, 1.165) is 0 Å². The van der Waals surface area contributed by atoms with Crippen molar-refractivity contribution in [3.63, 3.8) is 0 Å². The quantitative estimate of drug-likeness (QED) is 0.614. The topological polar surface area (TPSA) is 51.2 Å². The van der Waals surface area contributed by atoms with Gasteiger partial charge in [-0.1, -0.05) is 0 Å². The first kappa shape index (κ1) is 9.89. The van der Waals surface area contributed by atoms with Crippen molar-refractivity contribution < 1.29 is 68.9 Å². The van der Waals surface area contributed by atoms with Gasteiger partial charge >= 0.3 is 36.2 Å². The maximum atomic E-state index is 8.56. The van der Waals surface area contributed by atoms with Gasteiger partial charge in [0.1, 0.15) is 0 Å². The summed E-state index contributed by atoms with van der Waals surface area (Å²) in [5.41, 5.74) is 0. The standard InChI is InChI=1S/Er.3O.Y. The minimum absolute atomic E-state index is 0. The number of hydrogen-bond acceptors (Lipinski definition) is 3. The van der Waals surface area contributed by atoms with Gasteiger partial charge in [0.25, 0.3) is 0 Å². The van der Waals surface area contributed by atoms with Crippen LogP contribution in [0.15, 0.2) is 0 Å². The van der Waals surface area contributed by atoms with Crippen LogP contribution in [-0.4, -0.2) is 0 Å². The molecule has 33 valence electrons. The molecule has 0 aliphatic heterocycles. The molecule has 0 bridgehead atoms. The van der Waals surface area contributed by atoms with E-state index in [1.165, 1.54) is 0 Å². The molecule has 0 amide bonds. The van der Waals surface area contributed by atoms with E-state index in [4.69, 9.17) is 4.46 Å². The first-order chi connectivity index (χ1) is 1.73. The van der Waals surface area contributed by atoms with Gasteiger partial charge < -0.3 is 0 Å². The Morgan fingerprint density at radius 1 is 1.00 bits per heavy atom. The molecular weight excluding hydrogens is 304 g/mol. The summed E-state index contributed by atoms with van der Waals surface area (Å²) in [5, 5.41) is 0. The second-order valence-electron chi connectivity index (χ2n) is 0.144. The van der Waals surface area contributed by atoms with Gasteiger partial charge in [-0.05, 0) is 0 Å². The second kappa shape index (κ2) is 5.75. The fourth-order valence-corrected chi connectivity index (χ4v) is 0. The zero-order chi connectivity index (χ0) is 3.58. The molecule has 0 saturated carbocycles. The summed E-state index contributed by atoms with van der Waals surface area (Å²) in [5.74, 6) is 0. The molecule has 0 unspecified atom stereocenters. The van der Waals surface area contributed by atoms with E-state index in [0.29, 0.717) is 0 Å². The van der Waals surface area contributed by atoms with Gasteiger partial charge in [0.2, 0.25) is 0 Å². The predicted molar refractivity (Wildman–Crippen MR) is 2.06 cm³/mol.